The Balaban J connectivity index is 1.73. The highest BCUT2D eigenvalue weighted by molar-refractivity contribution is 5.96. The van der Waals surface area contributed by atoms with Gasteiger partial charge >= 0.3 is 5.97 Å². The molecule has 0 saturated heterocycles. The van der Waals surface area contributed by atoms with Gasteiger partial charge < -0.3 is 15.4 Å². The van der Waals surface area contributed by atoms with Crippen LogP contribution in [0.4, 0.5) is 14.5 Å². The number of esters is 1. The van der Waals surface area contributed by atoms with Gasteiger partial charge in [-0.15, -0.1) is 0 Å². The van der Waals surface area contributed by atoms with E-state index in [0.29, 0.717) is 5.56 Å². The Bertz CT molecular complexity index is 781. The zero-order chi connectivity index (χ0) is 18.2. The number of nitrogens with one attached hydrogen (secondary N) is 2. The third-order valence-corrected chi connectivity index (χ3v) is 3.00. The molecule has 2 amide bonds. The quantitative estimate of drug-likeness (QED) is 0.781. The van der Waals surface area contributed by atoms with E-state index in [1.165, 1.54) is 0 Å². The van der Waals surface area contributed by atoms with Crippen molar-refractivity contribution in [2.75, 3.05) is 18.5 Å². The third kappa shape index (κ3) is 5.69. The lowest BCUT2D eigenvalue weighted by atomic mass is 10.2. The smallest absolute Gasteiger partial charge is 0.325 e. The third-order valence-electron chi connectivity index (χ3n) is 3.00. The van der Waals surface area contributed by atoms with Crippen molar-refractivity contribution in [3.8, 4) is 0 Å². The van der Waals surface area contributed by atoms with Crippen LogP contribution in [0.3, 0.4) is 0 Å². The first-order valence-electron chi connectivity index (χ1n) is 7.19. The minimum Gasteiger partial charge on any atom is -0.454 e. The Morgan fingerprint density at radius 1 is 0.960 bits per heavy atom. The summed E-state index contributed by atoms with van der Waals surface area (Å²) in [4.78, 5) is 34.8. The average molecular weight is 348 g/mol. The standard InChI is InChI=1S/C17H14F2N2O4/c18-13-7-6-12(8-14(13)19)21-15(22)10-25-16(23)9-20-17(24)11-4-2-1-3-5-11/h1-8H,9-10H2,(H,20,24)(H,21,22). The van der Waals surface area contributed by atoms with Crippen molar-refractivity contribution in [1.29, 1.82) is 0 Å². The van der Waals surface area contributed by atoms with Gasteiger partial charge in [-0.25, -0.2) is 8.78 Å². The molecule has 2 rings (SSSR count). The molecule has 2 aromatic rings. The molecule has 2 aromatic carbocycles. The van der Waals surface area contributed by atoms with Gasteiger partial charge in [0.05, 0.1) is 0 Å². The summed E-state index contributed by atoms with van der Waals surface area (Å²) in [6.07, 6.45) is 0. The molecule has 0 aliphatic carbocycles. The molecule has 0 spiro atoms. The van der Waals surface area contributed by atoms with E-state index in [0.717, 1.165) is 18.2 Å². The number of halogens is 2. The van der Waals surface area contributed by atoms with Crippen LogP contribution in [0.15, 0.2) is 48.5 Å². The first-order chi connectivity index (χ1) is 12.0. The van der Waals surface area contributed by atoms with Crippen molar-refractivity contribution in [3.63, 3.8) is 0 Å². The lowest BCUT2D eigenvalue weighted by Gasteiger charge is -2.08. The highest BCUT2D eigenvalue weighted by Gasteiger charge is 2.11. The van der Waals surface area contributed by atoms with Gasteiger partial charge in [0.1, 0.15) is 6.54 Å². The van der Waals surface area contributed by atoms with Crippen molar-refractivity contribution in [3.05, 3.63) is 65.7 Å². The molecule has 0 aliphatic rings. The number of carbonyl (C=O) groups is 3. The Hall–Kier alpha value is -3.29. The summed E-state index contributed by atoms with van der Waals surface area (Å²) < 4.78 is 30.5. The van der Waals surface area contributed by atoms with Crippen LogP contribution in [-0.4, -0.2) is 30.9 Å². The molecule has 130 valence electrons. The zero-order valence-corrected chi connectivity index (χ0v) is 12.9. The van der Waals surface area contributed by atoms with Crippen LogP contribution < -0.4 is 10.6 Å². The fourth-order valence-corrected chi connectivity index (χ4v) is 1.81. The van der Waals surface area contributed by atoms with E-state index in [4.69, 9.17) is 0 Å². The molecule has 0 atom stereocenters. The SMILES string of the molecule is O=C(COC(=O)CNC(=O)c1ccccc1)Nc1ccc(F)c(F)c1. The minimum absolute atomic E-state index is 0.0253. The second-order valence-electron chi connectivity index (χ2n) is 4.89. The molecule has 0 heterocycles. The summed E-state index contributed by atoms with van der Waals surface area (Å²) in [7, 11) is 0. The van der Waals surface area contributed by atoms with Crippen LogP contribution >= 0.6 is 0 Å². The molecule has 0 saturated carbocycles. The number of carbonyl (C=O) groups excluding carboxylic acids is 3. The number of hydrogen-bond acceptors (Lipinski definition) is 4. The van der Waals surface area contributed by atoms with E-state index in [2.05, 4.69) is 15.4 Å². The van der Waals surface area contributed by atoms with Crippen LogP contribution in [0, 0.1) is 11.6 Å². The van der Waals surface area contributed by atoms with E-state index in [1.807, 2.05) is 0 Å². The number of anilines is 1. The molecular formula is C17H14F2N2O4. The summed E-state index contributed by atoms with van der Waals surface area (Å²) in [5.41, 5.74) is 0.406. The van der Waals surface area contributed by atoms with Gasteiger partial charge in [0, 0.05) is 17.3 Å². The molecule has 25 heavy (non-hydrogen) atoms. The predicted molar refractivity (Wildman–Crippen MR) is 84.7 cm³/mol. The largest absolute Gasteiger partial charge is 0.454 e. The average Bonchev–Trinajstić information content (AvgIpc) is 2.61. The number of benzene rings is 2. The predicted octanol–water partition coefficient (Wildman–Crippen LogP) is 1.88. The lowest BCUT2D eigenvalue weighted by Crippen LogP contribution is -2.32. The Morgan fingerprint density at radius 3 is 2.36 bits per heavy atom. The Morgan fingerprint density at radius 2 is 1.68 bits per heavy atom. The summed E-state index contributed by atoms with van der Waals surface area (Å²) in [6.45, 7) is -1.04. The van der Waals surface area contributed by atoms with Crippen molar-refractivity contribution >= 4 is 23.5 Å². The normalized spacial score (nSPS) is 10.0. The maximum absolute atomic E-state index is 13.0. The van der Waals surface area contributed by atoms with Crippen LogP contribution in [0.5, 0.6) is 0 Å². The van der Waals surface area contributed by atoms with E-state index in [9.17, 15) is 23.2 Å². The van der Waals surface area contributed by atoms with Crippen LogP contribution in [0.25, 0.3) is 0 Å². The maximum atomic E-state index is 13.0. The number of amides is 2. The van der Waals surface area contributed by atoms with Crippen molar-refractivity contribution in [2.24, 2.45) is 0 Å². The van der Waals surface area contributed by atoms with Gasteiger partial charge in [-0.3, -0.25) is 14.4 Å². The molecular weight excluding hydrogens is 334 g/mol. The fraction of sp³-hybridized carbons (Fsp3) is 0.118. The van der Waals surface area contributed by atoms with Crippen molar-refractivity contribution < 1.29 is 27.9 Å². The van der Waals surface area contributed by atoms with E-state index in [1.54, 1.807) is 30.3 Å². The maximum Gasteiger partial charge on any atom is 0.325 e. The van der Waals surface area contributed by atoms with Gasteiger partial charge in [0.25, 0.3) is 11.8 Å². The summed E-state index contributed by atoms with van der Waals surface area (Å²) in [5, 5.41) is 4.60. The fourth-order valence-electron chi connectivity index (χ4n) is 1.81. The van der Waals surface area contributed by atoms with Crippen molar-refractivity contribution in [1.82, 2.24) is 5.32 Å². The number of ether oxygens (including phenoxy) is 1. The summed E-state index contributed by atoms with van der Waals surface area (Å²) >= 11 is 0. The second kappa shape index (κ2) is 8.53. The van der Waals surface area contributed by atoms with E-state index in [-0.39, 0.29) is 5.69 Å². The van der Waals surface area contributed by atoms with E-state index >= 15 is 0 Å². The second-order valence-corrected chi connectivity index (χ2v) is 4.89. The summed E-state index contributed by atoms with van der Waals surface area (Å²) in [5.74, 6) is -4.15. The lowest BCUT2D eigenvalue weighted by molar-refractivity contribution is -0.146. The van der Waals surface area contributed by atoms with Crippen LogP contribution in [0.2, 0.25) is 0 Å². The minimum atomic E-state index is -1.11. The molecule has 0 bridgehead atoms. The highest BCUT2D eigenvalue weighted by Crippen LogP contribution is 2.12. The molecule has 0 fully saturated rings. The molecule has 8 heteroatoms. The first kappa shape index (κ1) is 18.1. The monoisotopic (exact) mass is 348 g/mol. The zero-order valence-electron chi connectivity index (χ0n) is 12.9. The van der Waals surface area contributed by atoms with Crippen LogP contribution in [0.1, 0.15) is 10.4 Å². The number of rotatable bonds is 6. The summed E-state index contributed by atoms with van der Waals surface area (Å²) in [6, 6.07) is 11.1. The highest BCUT2D eigenvalue weighted by atomic mass is 19.2. The van der Waals surface area contributed by atoms with Gasteiger partial charge in [0.2, 0.25) is 0 Å². The molecule has 2 N–H and O–H groups in total. The number of hydrogen-bond donors (Lipinski definition) is 2. The molecule has 0 radical (unpaired) electrons. The Labute approximate surface area is 141 Å². The van der Waals surface area contributed by atoms with Gasteiger partial charge in [-0.1, -0.05) is 18.2 Å². The van der Waals surface area contributed by atoms with Crippen molar-refractivity contribution in [2.45, 2.75) is 0 Å². The molecule has 6 nitrogen and oxygen atoms in total. The van der Waals surface area contributed by atoms with Gasteiger partial charge in [-0.05, 0) is 24.3 Å². The Kier molecular flexibility index (Phi) is 6.16. The first-order valence-corrected chi connectivity index (χ1v) is 7.19. The molecule has 0 aromatic heterocycles. The topological polar surface area (TPSA) is 84.5 Å². The van der Waals surface area contributed by atoms with Gasteiger partial charge in [-0.2, -0.15) is 0 Å². The molecule has 0 aliphatic heterocycles. The van der Waals surface area contributed by atoms with Crippen LogP contribution in [-0.2, 0) is 14.3 Å². The molecule has 0 unspecified atom stereocenters. The van der Waals surface area contributed by atoms with Gasteiger partial charge in [0.15, 0.2) is 18.2 Å². The van der Waals surface area contributed by atoms with E-state index < -0.39 is 42.6 Å².